The predicted octanol–water partition coefficient (Wildman–Crippen LogP) is 1.88. The molecular formula is C24H24N4O7. The Morgan fingerprint density at radius 1 is 1.03 bits per heavy atom. The SMILES string of the molecule is COc1cc(C(=O)N2CCN(C(=O)C(C)N3C(=O)c4cccc([N+](=O)[O-])c4C3=O)CC2)ccc1C. The van der Waals surface area contributed by atoms with E-state index in [1.807, 2.05) is 6.92 Å². The lowest BCUT2D eigenvalue weighted by Gasteiger charge is -2.37. The monoisotopic (exact) mass is 480 g/mol. The second-order valence-electron chi connectivity index (χ2n) is 8.41. The van der Waals surface area contributed by atoms with E-state index in [0.29, 0.717) is 11.3 Å². The number of carbonyl (C=O) groups is 4. The Labute approximate surface area is 201 Å². The van der Waals surface area contributed by atoms with Crippen molar-refractivity contribution in [2.24, 2.45) is 0 Å². The molecule has 2 aliphatic rings. The van der Waals surface area contributed by atoms with Gasteiger partial charge in [0, 0.05) is 37.8 Å². The average Bonchev–Trinajstić information content (AvgIpc) is 3.12. The second kappa shape index (κ2) is 9.16. The fraction of sp³-hybridized carbons (Fsp3) is 0.333. The molecule has 4 rings (SSSR count). The van der Waals surface area contributed by atoms with Crippen molar-refractivity contribution in [2.45, 2.75) is 19.9 Å². The number of nitro benzene ring substituents is 1. The standard InChI is InChI=1S/C24H24N4O7/c1-14-7-8-16(13-19(14)35-3)22(30)26-11-9-25(10-12-26)21(29)15(2)27-23(31)17-5-4-6-18(28(33)34)20(17)24(27)32/h4-8,13,15H,9-12H2,1-3H3. The molecule has 0 N–H and O–H groups in total. The first-order chi connectivity index (χ1) is 16.6. The molecule has 182 valence electrons. The largest absolute Gasteiger partial charge is 0.496 e. The van der Waals surface area contributed by atoms with E-state index in [-0.39, 0.29) is 43.2 Å². The maximum Gasteiger partial charge on any atom is 0.282 e. The zero-order valence-electron chi connectivity index (χ0n) is 19.5. The van der Waals surface area contributed by atoms with E-state index in [1.54, 1.807) is 23.1 Å². The van der Waals surface area contributed by atoms with Gasteiger partial charge < -0.3 is 14.5 Å². The number of fused-ring (bicyclic) bond motifs is 1. The van der Waals surface area contributed by atoms with Gasteiger partial charge in [0.2, 0.25) is 5.91 Å². The van der Waals surface area contributed by atoms with E-state index in [2.05, 4.69) is 0 Å². The molecule has 2 aromatic carbocycles. The maximum absolute atomic E-state index is 13.1. The smallest absolute Gasteiger partial charge is 0.282 e. The van der Waals surface area contributed by atoms with Crippen molar-refractivity contribution in [1.29, 1.82) is 0 Å². The fourth-order valence-electron chi connectivity index (χ4n) is 4.43. The summed E-state index contributed by atoms with van der Waals surface area (Å²) >= 11 is 0. The molecule has 2 aromatic rings. The number of carbonyl (C=O) groups excluding carboxylic acids is 4. The Balaban J connectivity index is 1.44. The highest BCUT2D eigenvalue weighted by atomic mass is 16.6. The zero-order valence-corrected chi connectivity index (χ0v) is 19.5. The Morgan fingerprint density at radius 2 is 1.69 bits per heavy atom. The van der Waals surface area contributed by atoms with E-state index in [0.717, 1.165) is 16.5 Å². The third-order valence-corrected chi connectivity index (χ3v) is 6.40. The lowest BCUT2D eigenvalue weighted by atomic mass is 10.1. The van der Waals surface area contributed by atoms with Gasteiger partial charge in [-0.2, -0.15) is 0 Å². The number of piperazine rings is 1. The zero-order chi connectivity index (χ0) is 25.4. The summed E-state index contributed by atoms with van der Waals surface area (Å²) in [6.07, 6.45) is 0. The molecule has 1 fully saturated rings. The van der Waals surface area contributed by atoms with Crippen LogP contribution in [0.15, 0.2) is 36.4 Å². The molecule has 1 atom stereocenters. The van der Waals surface area contributed by atoms with Crippen LogP contribution < -0.4 is 4.74 Å². The van der Waals surface area contributed by atoms with Crippen molar-refractivity contribution >= 4 is 29.3 Å². The number of nitrogens with zero attached hydrogens (tertiary/aromatic N) is 4. The highest BCUT2D eigenvalue weighted by Crippen LogP contribution is 2.32. The molecule has 0 aromatic heterocycles. The normalized spacial score (nSPS) is 16.3. The van der Waals surface area contributed by atoms with Crippen molar-refractivity contribution in [1.82, 2.24) is 14.7 Å². The summed E-state index contributed by atoms with van der Waals surface area (Å²) in [5.41, 5.74) is 0.530. The number of nitro groups is 1. The summed E-state index contributed by atoms with van der Waals surface area (Å²) in [6, 6.07) is 7.88. The number of imide groups is 1. The van der Waals surface area contributed by atoms with Crippen LogP contribution in [-0.2, 0) is 4.79 Å². The van der Waals surface area contributed by atoms with Crippen LogP contribution in [0, 0.1) is 17.0 Å². The van der Waals surface area contributed by atoms with Gasteiger partial charge in [-0.3, -0.25) is 34.2 Å². The second-order valence-corrected chi connectivity index (χ2v) is 8.41. The number of ether oxygens (including phenoxy) is 1. The van der Waals surface area contributed by atoms with E-state index in [1.165, 1.54) is 31.1 Å². The van der Waals surface area contributed by atoms with Gasteiger partial charge in [0.05, 0.1) is 17.6 Å². The van der Waals surface area contributed by atoms with Gasteiger partial charge >= 0.3 is 0 Å². The lowest BCUT2D eigenvalue weighted by Crippen LogP contribution is -2.56. The molecule has 2 heterocycles. The average molecular weight is 480 g/mol. The number of rotatable bonds is 5. The maximum atomic E-state index is 13.1. The first-order valence-corrected chi connectivity index (χ1v) is 11.0. The molecule has 0 radical (unpaired) electrons. The molecule has 1 saturated heterocycles. The Morgan fingerprint density at radius 3 is 2.31 bits per heavy atom. The van der Waals surface area contributed by atoms with Gasteiger partial charge in [0.15, 0.2) is 0 Å². The van der Waals surface area contributed by atoms with Crippen LogP contribution in [0.25, 0.3) is 0 Å². The van der Waals surface area contributed by atoms with Crippen LogP contribution in [0.3, 0.4) is 0 Å². The summed E-state index contributed by atoms with van der Waals surface area (Å²) in [6.45, 7) is 4.31. The van der Waals surface area contributed by atoms with Crippen molar-refractivity contribution < 1.29 is 28.8 Å². The Hall–Kier alpha value is -4.28. The number of aryl methyl sites for hydroxylation is 1. The minimum atomic E-state index is -1.15. The minimum Gasteiger partial charge on any atom is -0.496 e. The van der Waals surface area contributed by atoms with Crippen molar-refractivity contribution in [3.63, 3.8) is 0 Å². The molecule has 11 heteroatoms. The number of benzene rings is 2. The molecule has 0 spiro atoms. The summed E-state index contributed by atoms with van der Waals surface area (Å²) < 4.78 is 5.29. The molecule has 0 saturated carbocycles. The topological polar surface area (TPSA) is 130 Å². The van der Waals surface area contributed by atoms with E-state index in [9.17, 15) is 29.3 Å². The van der Waals surface area contributed by atoms with Gasteiger partial charge in [0.25, 0.3) is 23.4 Å². The molecule has 1 unspecified atom stereocenters. The molecule has 35 heavy (non-hydrogen) atoms. The summed E-state index contributed by atoms with van der Waals surface area (Å²) in [5.74, 6) is -1.64. The summed E-state index contributed by atoms with van der Waals surface area (Å²) in [4.78, 5) is 66.3. The Bertz CT molecular complexity index is 1250. The fourth-order valence-corrected chi connectivity index (χ4v) is 4.43. The molecular weight excluding hydrogens is 456 g/mol. The molecule has 11 nitrogen and oxygen atoms in total. The van der Waals surface area contributed by atoms with Crippen LogP contribution in [0.2, 0.25) is 0 Å². The van der Waals surface area contributed by atoms with E-state index < -0.39 is 34.4 Å². The predicted molar refractivity (Wildman–Crippen MR) is 123 cm³/mol. The minimum absolute atomic E-state index is 0.0900. The van der Waals surface area contributed by atoms with Gasteiger partial charge in [0.1, 0.15) is 17.4 Å². The van der Waals surface area contributed by atoms with Crippen LogP contribution in [0.4, 0.5) is 5.69 Å². The summed E-state index contributed by atoms with van der Waals surface area (Å²) in [5, 5.41) is 11.3. The lowest BCUT2D eigenvalue weighted by molar-refractivity contribution is -0.385. The van der Waals surface area contributed by atoms with Crippen LogP contribution in [0.5, 0.6) is 5.75 Å². The first-order valence-electron chi connectivity index (χ1n) is 11.0. The van der Waals surface area contributed by atoms with Gasteiger partial charge in [-0.1, -0.05) is 12.1 Å². The number of methoxy groups -OCH3 is 1. The quantitative estimate of drug-likeness (QED) is 0.363. The summed E-state index contributed by atoms with van der Waals surface area (Å²) in [7, 11) is 1.54. The van der Waals surface area contributed by atoms with E-state index in [4.69, 9.17) is 4.74 Å². The van der Waals surface area contributed by atoms with Gasteiger partial charge in [-0.05, 0) is 37.6 Å². The molecule has 0 aliphatic carbocycles. The van der Waals surface area contributed by atoms with Crippen LogP contribution in [-0.4, -0.2) is 82.6 Å². The van der Waals surface area contributed by atoms with Crippen LogP contribution in [0.1, 0.15) is 43.6 Å². The van der Waals surface area contributed by atoms with Crippen molar-refractivity contribution in [3.05, 3.63) is 68.8 Å². The Kier molecular flexibility index (Phi) is 6.25. The number of hydrogen-bond acceptors (Lipinski definition) is 7. The molecule has 4 amide bonds. The highest BCUT2D eigenvalue weighted by molar-refractivity contribution is 6.24. The molecule has 2 aliphatic heterocycles. The first kappa shape index (κ1) is 23.9. The molecule has 0 bridgehead atoms. The highest BCUT2D eigenvalue weighted by Gasteiger charge is 2.45. The van der Waals surface area contributed by atoms with Crippen molar-refractivity contribution in [3.8, 4) is 5.75 Å². The number of hydrogen-bond donors (Lipinski definition) is 0. The van der Waals surface area contributed by atoms with E-state index >= 15 is 0 Å². The number of amides is 4. The van der Waals surface area contributed by atoms with Crippen LogP contribution >= 0.6 is 0 Å². The third kappa shape index (κ3) is 4.09. The van der Waals surface area contributed by atoms with Gasteiger partial charge in [-0.25, -0.2) is 0 Å². The van der Waals surface area contributed by atoms with Gasteiger partial charge in [-0.15, -0.1) is 0 Å². The van der Waals surface area contributed by atoms with Crippen molar-refractivity contribution in [2.75, 3.05) is 33.3 Å². The third-order valence-electron chi connectivity index (χ3n) is 6.40.